The molecule has 1 aliphatic heterocycles. The van der Waals surface area contributed by atoms with Gasteiger partial charge < -0.3 is 9.88 Å². The molecule has 0 fully saturated rings. The lowest BCUT2D eigenvalue weighted by Gasteiger charge is -2.07. The number of hydrogen-bond donors (Lipinski definition) is 1. The third kappa shape index (κ3) is 2.94. The van der Waals surface area contributed by atoms with Crippen molar-refractivity contribution in [1.29, 1.82) is 0 Å². The molecule has 0 saturated carbocycles. The van der Waals surface area contributed by atoms with Gasteiger partial charge in [-0.1, -0.05) is 34.1 Å². The van der Waals surface area contributed by atoms with Crippen LogP contribution in [0.1, 0.15) is 11.1 Å². The zero-order valence-corrected chi connectivity index (χ0v) is 14.7. The summed E-state index contributed by atoms with van der Waals surface area (Å²) in [6.45, 7) is 3.49. The molecule has 3 rings (SSSR count). The van der Waals surface area contributed by atoms with Crippen molar-refractivity contribution in [1.82, 2.24) is 0 Å². The molecule has 0 unspecified atom stereocenters. The van der Waals surface area contributed by atoms with Crippen molar-refractivity contribution in [3.8, 4) is 0 Å². The van der Waals surface area contributed by atoms with E-state index in [0.717, 1.165) is 26.6 Å². The largest absolute Gasteiger partial charge is 0.321 e. The van der Waals surface area contributed by atoms with Crippen molar-refractivity contribution in [3.63, 3.8) is 0 Å². The van der Waals surface area contributed by atoms with E-state index in [0.29, 0.717) is 5.57 Å². The standard InChI is InChI=1S/C17H15BrNO2P/c1-22(2,21)13-5-3-4-11(8-13)9-15-14-10-12(18)6-7-16(14)19-17(15)20/h3-10H,1-2H3,(H,19,20)/b15-9-. The summed E-state index contributed by atoms with van der Waals surface area (Å²) in [6.07, 6.45) is 1.84. The maximum Gasteiger partial charge on any atom is 0.256 e. The highest BCUT2D eigenvalue weighted by Crippen LogP contribution is 2.37. The number of anilines is 1. The van der Waals surface area contributed by atoms with Crippen LogP contribution in [0.2, 0.25) is 0 Å². The van der Waals surface area contributed by atoms with Crippen LogP contribution in [-0.2, 0) is 9.36 Å². The molecule has 0 saturated heterocycles. The molecule has 112 valence electrons. The lowest BCUT2D eigenvalue weighted by molar-refractivity contribution is -0.110. The molecule has 1 aliphatic rings. The Hall–Kier alpha value is -1.64. The Balaban J connectivity index is 2.09. The van der Waals surface area contributed by atoms with Crippen molar-refractivity contribution in [2.45, 2.75) is 0 Å². The Morgan fingerprint density at radius 3 is 2.64 bits per heavy atom. The Morgan fingerprint density at radius 2 is 1.91 bits per heavy atom. The van der Waals surface area contributed by atoms with E-state index in [1.54, 1.807) is 13.3 Å². The predicted molar refractivity (Wildman–Crippen MR) is 96.2 cm³/mol. The fourth-order valence-electron chi connectivity index (χ4n) is 2.42. The molecule has 0 atom stereocenters. The normalized spacial score (nSPS) is 15.8. The van der Waals surface area contributed by atoms with Crippen molar-refractivity contribution in [2.75, 3.05) is 18.6 Å². The number of fused-ring (bicyclic) bond motifs is 1. The molecular formula is C17H15BrNO2P. The molecule has 1 heterocycles. The fraction of sp³-hybridized carbons (Fsp3) is 0.118. The molecule has 1 amide bonds. The predicted octanol–water partition coefficient (Wildman–Crippen LogP) is 4.19. The van der Waals surface area contributed by atoms with Crippen molar-refractivity contribution in [2.24, 2.45) is 0 Å². The summed E-state index contributed by atoms with van der Waals surface area (Å²) < 4.78 is 13.1. The lowest BCUT2D eigenvalue weighted by Crippen LogP contribution is -2.05. The summed E-state index contributed by atoms with van der Waals surface area (Å²) in [4.78, 5) is 12.2. The topological polar surface area (TPSA) is 46.2 Å². The second kappa shape index (κ2) is 5.53. The SMILES string of the molecule is CP(C)(=O)c1cccc(/C=C2\C(=O)Nc3ccc(Br)cc32)c1. The van der Waals surface area contributed by atoms with Gasteiger partial charge in [-0.15, -0.1) is 0 Å². The number of rotatable bonds is 2. The monoisotopic (exact) mass is 375 g/mol. The maximum atomic E-state index is 12.2. The summed E-state index contributed by atoms with van der Waals surface area (Å²) >= 11 is 3.43. The van der Waals surface area contributed by atoms with E-state index < -0.39 is 7.14 Å². The number of nitrogens with one attached hydrogen (secondary N) is 1. The first kappa shape index (κ1) is 15.3. The van der Waals surface area contributed by atoms with Gasteiger partial charge >= 0.3 is 0 Å². The van der Waals surface area contributed by atoms with Crippen LogP contribution in [-0.4, -0.2) is 19.2 Å². The van der Waals surface area contributed by atoms with Gasteiger partial charge in [0.1, 0.15) is 7.14 Å². The van der Waals surface area contributed by atoms with Crippen LogP contribution in [0.15, 0.2) is 46.9 Å². The summed E-state index contributed by atoms with van der Waals surface area (Å²) in [5.74, 6) is -0.116. The van der Waals surface area contributed by atoms with Gasteiger partial charge in [0.15, 0.2) is 0 Å². The second-order valence-corrected chi connectivity index (χ2v) is 9.78. The third-order valence-corrected chi connectivity index (χ3v) is 5.58. The molecule has 1 N–H and O–H groups in total. The van der Waals surface area contributed by atoms with Crippen LogP contribution in [0.25, 0.3) is 11.6 Å². The van der Waals surface area contributed by atoms with Crippen LogP contribution in [0, 0.1) is 0 Å². The molecule has 2 aromatic carbocycles. The zero-order valence-electron chi connectivity index (χ0n) is 12.3. The summed E-state index contributed by atoms with van der Waals surface area (Å²) in [5, 5.41) is 3.67. The fourth-order valence-corrected chi connectivity index (χ4v) is 3.69. The Morgan fingerprint density at radius 1 is 1.14 bits per heavy atom. The van der Waals surface area contributed by atoms with E-state index >= 15 is 0 Å². The second-order valence-electron chi connectivity index (χ2n) is 5.65. The van der Waals surface area contributed by atoms with Crippen LogP contribution in [0.5, 0.6) is 0 Å². The van der Waals surface area contributed by atoms with E-state index in [9.17, 15) is 9.36 Å². The lowest BCUT2D eigenvalue weighted by atomic mass is 10.0. The smallest absolute Gasteiger partial charge is 0.256 e. The quantitative estimate of drug-likeness (QED) is 0.631. The van der Waals surface area contributed by atoms with E-state index in [-0.39, 0.29) is 5.91 Å². The van der Waals surface area contributed by atoms with Crippen molar-refractivity contribution < 1.29 is 9.36 Å². The average molecular weight is 376 g/mol. The molecule has 3 nitrogen and oxygen atoms in total. The van der Waals surface area contributed by atoms with E-state index in [1.165, 1.54) is 0 Å². The molecule has 0 spiro atoms. The number of carbonyl (C=O) groups excluding carboxylic acids is 1. The van der Waals surface area contributed by atoms with Gasteiger partial charge in [-0.3, -0.25) is 4.79 Å². The first-order valence-electron chi connectivity index (χ1n) is 6.83. The summed E-state index contributed by atoms with van der Waals surface area (Å²) in [5.41, 5.74) is 3.18. The van der Waals surface area contributed by atoms with Crippen LogP contribution in [0.3, 0.4) is 0 Å². The van der Waals surface area contributed by atoms with Crippen molar-refractivity contribution in [3.05, 3.63) is 58.1 Å². The summed E-state index contributed by atoms with van der Waals surface area (Å²) in [7, 11) is -2.32. The van der Waals surface area contributed by atoms with Crippen molar-refractivity contribution >= 4 is 51.6 Å². The first-order chi connectivity index (χ1) is 10.3. The maximum absolute atomic E-state index is 12.2. The van der Waals surface area contributed by atoms with Gasteiger partial charge in [-0.25, -0.2) is 0 Å². The molecule has 22 heavy (non-hydrogen) atoms. The first-order valence-corrected chi connectivity index (χ1v) is 10.2. The summed E-state index contributed by atoms with van der Waals surface area (Å²) in [6, 6.07) is 13.2. The number of hydrogen-bond acceptors (Lipinski definition) is 2. The third-order valence-electron chi connectivity index (χ3n) is 3.57. The molecule has 0 aromatic heterocycles. The van der Waals surface area contributed by atoms with E-state index in [1.807, 2.05) is 48.5 Å². The van der Waals surface area contributed by atoms with Crippen LogP contribution >= 0.6 is 23.1 Å². The van der Waals surface area contributed by atoms with Gasteiger partial charge in [0.2, 0.25) is 0 Å². The van der Waals surface area contributed by atoms with Gasteiger partial charge in [0, 0.05) is 26.6 Å². The molecule has 0 aliphatic carbocycles. The Kier molecular flexibility index (Phi) is 3.84. The number of benzene rings is 2. The van der Waals surface area contributed by atoms with E-state index in [4.69, 9.17) is 0 Å². The average Bonchev–Trinajstić information content (AvgIpc) is 2.75. The minimum atomic E-state index is -2.32. The molecule has 0 radical (unpaired) electrons. The molecule has 0 bridgehead atoms. The van der Waals surface area contributed by atoms with Gasteiger partial charge in [-0.05, 0) is 49.2 Å². The van der Waals surface area contributed by atoms with Gasteiger partial charge in [0.25, 0.3) is 5.91 Å². The van der Waals surface area contributed by atoms with Gasteiger partial charge in [0.05, 0.1) is 0 Å². The minimum Gasteiger partial charge on any atom is -0.321 e. The van der Waals surface area contributed by atoms with Crippen LogP contribution < -0.4 is 10.6 Å². The molecular weight excluding hydrogens is 361 g/mol. The molecule has 2 aromatic rings. The number of amides is 1. The highest BCUT2D eigenvalue weighted by molar-refractivity contribution is 9.10. The Bertz CT molecular complexity index is 851. The zero-order chi connectivity index (χ0) is 15.9. The number of carbonyl (C=O) groups is 1. The highest BCUT2D eigenvalue weighted by atomic mass is 79.9. The Labute approximate surface area is 137 Å². The van der Waals surface area contributed by atoms with Crippen LogP contribution in [0.4, 0.5) is 5.69 Å². The number of halogens is 1. The highest BCUT2D eigenvalue weighted by Gasteiger charge is 2.24. The van der Waals surface area contributed by atoms with Gasteiger partial charge in [-0.2, -0.15) is 0 Å². The minimum absolute atomic E-state index is 0.116. The van der Waals surface area contributed by atoms with E-state index in [2.05, 4.69) is 21.2 Å². The molecule has 5 heteroatoms.